The van der Waals surface area contributed by atoms with Crippen molar-refractivity contribution in [2.24, 2.45) is 17.6 Å². The van der Waals surface area contributed by atoms with Gasteiger partial charge in [-0.2, -0.15) is 0 Å². The van der Waals surface area contributed by atoms with Crippen molar-refractivity contribution in [1.29, 1.82) is 0 Å². The Morgan fingerprint density at radius 2 is 1.88 bits per heavy atom. The van der Waals surface area contributed by atoms with E-state index in [1.807, 2.05) is 6.92 Å². The van der Waals surface area contributed by atoms with Crippen LogP contribution in [0.15, 0.2) is 24.3 Å². The summed E-state index contributed by atoms with van der Waals surface area (Å²) in [7, 11) is 0. The number of carbonyl (C=O) groups is 1. The molecule has 1 fully saturated rings. The van der Waals surface area contributed by atoms with Gasteiger partial charge in [-0.25, -0.2) is 0 Å². The van der Waals surface area contributed by atoms with Crippen molar-refractivity contribution in [3.63, 3.8) is 0 Å². The van der Waals surface area contributed by atoms with E-state index in [-0.39, 0.29) is 11.9 Å². The van der Waals surface area contributed by atoms with Gasteiger partial charge < -0.3 is 11.1 Å². The van der Waals surface area contributed by atoms with Gasteiger partial charge in [0.1, 0.15) is 0 Å². The van der Waals surface area contributed by atoms with Crippen LogP contribution in [0.4, 0.5) is 0 Å². The van der Waals surface area contributed by atoms with E-state index in [1.165, 1.54) is 30.6 Å². The molecule has 24 heavy (non-hydrogen) atoms. The van der Waals surface area contributed by atoms with Crippen LogP contribution >= 0.6 is 0 Å². The summed E-state index contributed by atoms with van der Waals surface area (Å²) in [5.41, 5.74) is 8.26. The summed E-state index contributed by atoms with van der Waals surface area (Å²) < 4.78 is 0. The molecule has 0 spiro atoms. The minimum Gasteiger partial charge on any atom is -0.352 e. The van der Waals surface area contributed by atoms with Crippen molar-refractivity contribution in [3.8, 4) is 0 Å². The Bertz CT molecular complexity index is 519. The summed E-state index contributed by atoms with van der Waals surface area (Å²) in [6, 6.07) is 8.53. The normalized spacial score (nSPS) is 23.0. The van der Waals surface area contributed by atoms with Crippen LogP contribution in [-0.4, -0.2) is 29.9 Å². The third-order valence-electron chi connectivity index (χ3n) is 4.76. The maximum Gasteiger partial charge on any atom is 0.220 e. The SMILES string of the molecule is CC(N)CCC(=O)NCc1ccccc1CN1CC(C)CC(C)C1. The van der Waals surface area contributed by atoms with Crippen LogP contribution in [0.5, 0.6) is 0 Å². The molecule has 1 aliphatic rings. The standard InChI is InChI=1S/C20H33N3O/c1-15-10-16(2)13-23(12-15)14-19-7-5-4-6-18(19)11-22-20(24)9-8-17(3)21/h4-7,15-17H,8-14,21H2,1-3H3,(H,22,24). The lowest BCUT2D eigenvalue weighted by molar-refractivity contribution is -0.121. The molecule has 2 rings (SSSR count). The van der Waals surface area contributed by atoms with E-state index >= 15 is 0 Å². The first-order valence-corrected chi connectivity index (χ1v) is 9.25. The van der Waals surface area contributed by atoms with E-state index in [4.69, 9.17) is 5.73 Å². The zero-order chi connectivity index (χ0) is 17.5. The van der Waals surface area contributed by atoms with Gasteiger partial charge >= 0.3 is 0 Å². The van der Waals surface area contributed by atoms with Gasteiger partial charge in [0, 0.05) is 38.6 Å². The lowest BCUT2D eigenvalue weighted by Crippen LogP contribution is -2.38. The van der Waals surface area contributed by atoms with Crippen molar-refractivity contribution in [3.05, 3.63) is 35.4 Å². The minimum absolute atomic E-state index is 0.0751. The minimum atomic E-state index is 0.0751. The van der Waals surface area contributed by atoms with Gasteiger partial charge in [-0.3, -0.25) is 9.69 Å². The monoisotopic (exact) mass is 331 g/mol. The summed E-state index contributed by atoms with van der Waals surface area (Å²) in [5, 5.41) is 3.04. The molecule has 4 heteroatoms. The fourth-order valence-corrected chi connectivity index (χ4v) is 3.69. The molecule has 0 aromatic heterocycles. The van der Waals surface area contributed by atoms with Gasteiger partial charge in [-0.05, 0) is 42.7 Å². The van der Waals surface area contributed by atoms with E-state index in [2.05, 4.69) is 48.3 Å². The first-order chi connectivity index (χ1) is 11.4. The summed E-state index contributed by atoms with van der Waals surface area (Å²) in [6.45, 7) is 10.5. The van der Waals surface area contributed by atoms with E-state index in [9.17, 15) is 4.79 Å². The number of hydrogen-bond donors (Lipinski definition) is 2. The zero-order valence-electron chi connectivity index (χ0n) is 15.4. The number of carbonyl (C=O) groups excluding carboxylic acids is 1. The van der Waals surface area contributed by atoms with E-state index in [0.29, 0.717) is 13.0 Å². The second kappa shape index (κ2) is 9.19. The Balaban J connectivity index is 1.91. The highest BCUT2D eigenvalue weighted by molar-refractivity contribution is 5.75. The maximum atomic E-state index is 11.9. The van der Waals surface area contributed by atoms with Crippen molar-refractivity contribution in [1.82, 2.24) is 10.2 Å². The molecular formula is C20H33N3O. The van der Waals surface area contributed by atoms with Gasteiger partial charge in [0.05, 0.1) is 0 Å². The summed E-state index contributed by atoms with van der Waals surface area (Å²) in [4.78, 5) is 14.5. The smallest absolute Gasteiger partial charge is 0.220 e. The van der Waals surface area contributed by atoms with Crippen LogP contribution in [0.2, 0.25) is 0 Å². The second-order valence-electron chi connectivity index (χ2n) is 7.70. The predicted octanol–water partition coefficient (Wildman–Crippen LogP) is 2.91. The average molecular weight is 332 g/mol. The molecule has 0 radical (unpaired) electrons. The van der Waals surface area contributed by atoms with Gasteiger partial charge in [0.25, 0.3) is 0 Å². The average Bonchev–Trinajstić information content (AvgIpc) is 2.51. The van der Waals surface area contributed by atoms with Crippen molar-refractivity contribution < 1.29 is 4.79 Å². The van der Waals surface area contributed by atoms with Crippen molar-refractivity contribution >= 4 is 5.91 Å². The third-order valence-corrected chi connectivity index (χ3v) is 4.76. The molecule has 4 nitrogen and oxygen atoms in total. The Morgan fingerprint density at radius 1 is 1.25 bits per heavy atom. The molecule has 1 aromatic rings. The predicted molar refractivity (Wildman–Crippen MR) is 99.4 cm³/mol. The molecule has 3 unspecified atom stereocenters. The lowest BCUT2D eigenvalue weighted by Gasteiger charge is -2.35. The number of likely N-dealkylation sites (tertiary alicyclic amines) is 1. The molecule has 134 valence electrons. The summed E-state index contributed by atoms with van der Waals surface area (Å²) >= 11 is 0. The Labute approximate surface area is 146 Å². The van der Waals surface area contributed by atoms with Gasteiger partial charge in [-0.1, -0.05) is 38.1 Å². The topological polar surface area (TPSA) is 58.4 Å². The molecular weight excluding hydrogens is 298 g/mol. The fraction of sp³-hybridized carbons (Fsp3) is 0.650. The van der Waals surface area contributed by atoms with E-state index in [0.717, 1.165) is 24.8 Å². The van der Waals surface area contributed by atoms with Crippen LogP contribution in [0, 0.1) is 11.8 Å². The largest absolute Gasteiger partial charge is 0.352 e. The van der Waals surface area contributed by atoms with Crippen molar-refractivity contribution in [2.75, 3.05) is 13.1 Å². The Kier molecular flexibility index (Phi) is 7.25. The summed E-state index contributed by atoms with van der Waals surface area (Å²) in [6.07, 6.45) is 2.56. The highest BCUT2D eigenvalue weighted by Crippen LogP contribution is 2.23. The summed E-state index contributed by atoms with van der Waals surface area (Å²) in [5.74, 6) is 1.61. The molecule has 1 aromatic carbocycles. The third kappa shape index (κ3) is 6.25. The fourth-order valence-electron chi connectivity index (χ4n) is 3.69. The molecule has 0 aliphatic carbocycles. The molecule has 1 heterocycles. The van der Waals surface area contributed by atoms with Gasteiger partial charge in [0.15, 0.2) is 0 Å². The quantitative estimate of drug-likeness (QED) is 0.808. The molecule has 0 bridgehead atoms. The van der Waals surface area contributed by atoms with Crippen molar-refractivity contribution in [2.45, 2.75) is 59.2 Å². The zero-order valence-corrected chi connectivity index (χ0v) is 15.4. The first kappa shape index (κ1) is 18.9. The van der Waals surface area contributed by atoms with Gasteiger partial charge in [-0.15, -0.1) is 0 Å². The number of piperidine rings is 1. The van der Waals surface area contributed by atoms with Crippen LogP contribution in [0.1, 0.15) is 51.2 Å². The number of hydrogen-bond acceptors (Lipinski definition) is 3. The number of benzene rings is 1. The molecule has 0 saturated carbocycles. The maximum absolute atomic E-state index is 11.9. The first-order valence-electron chi connectivity index (χ1n) is 9.25. The number of amides is 1. The Morgan fingerprint density at radius 3 is 2.50 bits per heavy atom. The number of nitrogens with two attached hydrogens (primary N) is 1. The molecule has 3 N–H and O–H groups in total. The number of rotatable bonds is 7. The molecule has 1 amide bonds. The number of nitrogens with one attached hydrogen (secondary N) is 1. The molecule has 1 saturated heterocycles. The molecule has 1 aliphatic heterocycles. The highest BCUT2D eigenvalue weighted by Gasteiger charge is 2.22. The number of nitrogens with zero attached hydrogens (tertiary/aromatic N) is 1. The molecule has 3 atom stereocenters. The lowest BCUT2D eigenvalue weighted by atomic mass is 9.91. The van der Waals surface area contributed by atoms with E-state index < -0.39 is 0 Å². The second-order valence-corrected chi connectivity index (χ2v) is 7.70. The van der Waals surface area contributed by atoms with E-state index in [1.54, 1.807) is 0 Å². The van der Waals surface area contributed by atoms with Crippen LogP contribution < -0.4 is 11.1 Å². The van der Waals surface area contributed by atoms with Crippen LogP contribution in [0.25, 0.3) is 0 Å². The Hall–Kier alpha value is -1.39. The van der Waals surface area contributed by atoms with Crippen LogP contribution in [0.3, 0.4) is 0 Å². The highest BCUT2D eigenvalue weighted by atomic mass is 16.1. The van der Waals surface area contributed by atoms with Crippen LogP contribution in [-0.2, 0) is 17.9 Å². The van der Waals surface area contributed by atoms with Gasteiger partial charge in [0.2, 0.25) is 5.91 Å².